The summed E-state index contributed by atoms with van der Waals surface area (Å²) < 4.78 is 51.2. The van der Waals surface area contributed by atoms with E-state index in [-0.39, 0.29) is 18.8 Å². The lowest BCUT2D eigenvalue weighted by Crippen LogP contribution is -2.12. The van der Waals surface area contributed by atoms with Crippen molar-refractivity contribution in [1.82, 2.24) is 9.97 Å². The molecule has 5 rings (SSSR count). The van der Waals surface area contributed by atoms with Crippen LogP contribution in [-0.4, -0.2) is 41.3 Å². The molecule has 0 unspecified atom stereocenters. The largest absolute Gasteiger partial charge is 0.462 e. The number of rotatable bonds is 5. The first-order valence-corrected chi connectivity index (χ1v) is 11.1. The molecule has 6 nitrogen and oxygen atoms in total. The van der Waals surface area contributed by atoms with Gasteiger partial charge in [-0.05, 0) is 56.3 Å². The Morgan fingerprint density at radius 1 is 0.743 bits per heavy atom. The van der Waals surface area contributed by atoms with E-state index in [1.165, 1.54) is 0 Å². The second kappa shape index (κ2) is 8.33. The maximum absolute atomic E-state index is 13.7. The summed E-state index contributed by atoms with van der Waals surface area (Å²) >= 11 is 0. The van der Waals surface area contributed by atoms with Crippen LogP contribution in [-0.2, 0) is 15.9 Å². The second-order valence-corrected chi connectivity index (χ2v) is 8.20. The summed E-state index contributed by atoms with van der Waals surface area (Å²) in [5.41, 5.74) is 2.54. The number of fused-ring (bicyclic) bond motifs is 6. The van der Waals surface area contributed by atoms with Gasteiger partial charge in [0.1, 0.15) is 0 Å². The molecular weight excluding hydrogens is 461 g/mol. The van der Waals surface area contributed by atoms with Gasteiger partial charge in [-0.1, -0.05) is 0 Å². The molecule has 0 saturated carbocycles. The Morgan fingerprint density at radius 3 is 1.60 bits per heavy atom. The number of halogens is 3. The number of aromatic nitrogens is 2. The maximum atomic E-state index is 13.7. The van der Waals surface area contributed by atoms with Crippen molar-refractivity contribution in [3.8, 4) is 0 Å². The van der Waals surface area contributed by atoms with E-state index in [0.717, 1.165) is 0 Å². The molecular formula is C26H21F3N2O4. The number of carbonyl (C=O) groups is 2. The molecule has 0 bridgehead atoms. The van der Waals surface area contributed by atoms with E-state index in [0.29, 0.717) is 54.7 Å². The average molecular weight is 482 g/mol. The van der Waals surface area contributed by atoms with Crippen molar-refractivity contribution in [2.24, 2.45) is 0 Å². The molecule has 0 spiro atoms. The van der Waals surface area contributed by atoms with Gasteiger partial charge >= 0.3 is 18.1 Å². The summed E-state index contributed by atoms with van der Waals surface area (Å²) in [4.78, 5) is 30.8. The van der Waals surface area contributed by atoms with Crippen molar-refractivity contribution in [2.45, 2.75) is 26.4 Å². The Hall–Kier alpha value is -4.01. The van der Waals surface area contributed by atoms with Gasteiger partial charge in [0.05, 0.1) is 41.8 Å². The quantitative estimate of drug-likeness (QED) is 0.284. The number of carbonyl (C=O) groups excluding carboxylic acids is 2. The summed E-state index contributed by atoms with van der Waals surface area (Å²) in [5, 5.41) is 2.29. The highest BCUT2D eigenvalue weighted by Crippen LogP contribution is 2.39. The smallest absolute Gasteiger partial charge is 0.393 e. The molecule has 0 saturated heterocycles. The average Bonchev–Trinajstić information content (AvgIpc) is 3.36. The SMILES string of the molecule is CCOC(=O)c1ccc2[nH]c3c(CC(F)(F)F)c4[nH]c5ccc(C(=O)OCC)cc5c4cc3c2c1. The molecule has 2 heterocycles. The van der Waals surface area contributed by atoms with E-state index in [1.807, 2.05) is 0 Å². The van der Waals surface area contributed by atoms with Crippen LogP contribution in [0.15, 0.2) is 42.5 Å². The zero-order chi connectivity index (χ0) is 24.9. The third-order valence-corrected chi connectivity index (χ3v) is 5.97. The van der Waals surface area contributed by atoms with Crippen LogP contribution < -0.4 is 0 Å². The Morgan fingerprint density at radius 2 is 1.20 bits per heavy atom. The van der Waals surface area contributed by atoms with Gasteiger partial charge in [-0.3, -0.25) is 0 Å². The van der Waals surface area contributed by atoms with E-state index in [9.17, 15) is 22.8 Å². The Balaban J connectivity index is 1.84. The number of H-pyrrole nitrogens is 2. The minimum absolute atomic E-state index is 0.0627. The van der Waals surface area contributed by atoms with Crippen molar-refractivity contribution in [2.75, 3.05) is 13.2 Å². The molecule has 0 aliphatic heterocycles. The second-order valence-electron chi connectivity index (χ2n) is 8.20. The van der Waals surface area contributed by atoms with E-state index >= 15 is 0 Å². The zero-order valence-corrected chi connectivity index (χ0v) is 18.9. The van der Waals surface area contributed by atoms with Gasteiger partial charge < -0.3 is 19.4 Å². The van der Waals surface area contributed by atoms with Crippen molar-refractivity contribution in [1.29, 1.82) is 0 Å². The van der Waals surface area contributed by atoms with Gasteiger partial charge in [-0.2, -0.15) is 13.2 Å². The highest BCUT2D eigenvalue weighted by atomic mass is 19.4. The standard InChI is InChI=1S/C26H21F3N2O4/c1-3-34-24(32)13-5-7-20-15(9-13)17-11-18-16-10-14(25(33)35-4-2)6-8-21(16)31-23(18)19(22(17)30-20)12-26(27,28)29/h5-11,30-31H,3-4,12H2,1-2H3. The van der Waals surface area contributed by atoms with Gasteiger partial charge in [0.15, 0.2) is 0 Å². The van der Waals surface area contributed by atoms with Crippen LogP contribution in [0.2, 0.25) is 0 Å². The molecule has 0 amide bonds. The lowest BCUT2D eigenvalue weighted by atomic mass is 10.00. The third kappa shape index (κ3) is 3.96. The predicted octanol–water partition coefficient (Wildman–Crippen LogP) is 6.41. The summed E-state index contributed by atoms with van der Waals surface area (Å²) in [6, 6.07) is 11.5. The monoisotopic (exact) mass is 482 g/mol. The Labute approximate surface area is 197 Å². The number of esters is 2. The van der Waals surface area contributed by atoms with E-state index in [2.05, 4.69) is 9.97 Å². The number of alkyl halides is 3. The van der Waals surface area contributed by atoms with Crippen molar-refractivity contribution in [3.05, 3.63) is 59.2 Å². The lowest BCUT2D eigenvalue weighted by Gasteiger charge is -2.09. The molecule has 0 radical (unpaired) electrons. The minimum Gasteiger partial charge on any atom is -0.462 e. The number of hydrogen-bond donors (Lipinski definition) is 2. The van der Waals surface area contributed by atoms with Crippen LogP contribution in [0, 0.1) is 0 Å². The molecule has 9 heteroatoms. The molecule has 0 aliphatic carbocycles. The summed E-state index contributed by atoms with van der Waals surface area (Å²) in [6.07, 6.45) is -5.61. The summed E-state index contributed by atoms with van der Waals surface area (Å²) in [6.45, 7) is 3.81. The first-order valence-electron chi connectivity index (χ1n) is 11.1. The van der Waals surface area contributed by atoms with E-state index < -0.39 is 24.5 Å². The lowest BCUT2D eigenvalue weighted by molar-refractivity contribution is -0.126. The Bertz CT molecular complexity index is 1520. The van der Waals surface area contributed by atoms with Crippen molar-refractivity contribution in [3.63, 3.8) is 0 Å². The van der Waals surface area contributed by atoms with Crippen molar-refractivity contribution >= 4 is 55.6 Å². The van der Waals surface area contributed by atoms with Crippen LogP contribution in [0.4, 0.5) is 13.2 Å². The minimum atomic E-state index is -4.46. The molecule has 35 heavy (non-hydrogen) atoms. The zero-order valence-electron chi connectivity index (χ0n) is 18.9. The fourth-order valence-electron chi connectivity index (χ4n) is 4.53. The van der Waals surface area contributed by atoms with Gasteiger partial charge in [-0.25, -0.2) is 9.59 Å². The molecule has 0 atom stereocenters. The van der Waals surface area contributed by atoms with Crippen molar-refractivity contribution < 1.29 is 32.2 Å². The molecule has 180 valence electrons. The molecule has 2 aromatic heterocycles. The van der Waals surface area contributed by atoms with Gasteiger partial charge in [0.25, 0.3) is 0 Å². The predicted molar refractivity (Wildman–Crippen MR) is 127 cm³/mol. The number of benzene rings is 3. The highest BCUT2D eigenvalue weighted by molar-refractivity contribution is 6.20. The normalized spacial score (nSPS) is 12.1. The fourth-order valence-corrected chi connectivity index (χ4v) is 4.53. The number of ether oxygens (including phenoxy) is 2. The first-order chi connectivity index (χ1) is 16.7. The van der Waals surface area contributed by atoms with Crippen LogP contribution in [0.3, 0.4) is 0 Å². The number of hydrogen-bond acceptors (Lipinski definition) is 4. The molecule has 3 aromatic carbocycles. The number of aromatic amines is 2. The Kier molecular flexibility index (Phi) is 5.42. The molecule has 0 aliphatic rings. The first kappa shape index (κ1) is 22.8. The summed E-state index contributed by atoms with van der Waals surface area (Å²) in [5.74, 6) is -1.02. The number of nitrogens with one attached hydrogen (secondary N) is 2. The van der Waals surface area contributed by atoms with Crippen LogP contribution >= 0.6 is 0 Å². The molecule has 0 fully saturated rings. The van der Waals surface area contributed by atoms with Gasteiger partial charge in [0.2, 0.25) is 0 Å². The topological polar surface area (TPSA) is 84.2 Å². The van der Waals surface area contributed by atoms with Crippen LogP contribution in [0.5, 0.6) is 0 Å². The molecule has 5 aromatic rings. The highest BCUT2D eigenvalue weighted by Gasteiger charge is 2.31. The van der Waals surface area contributed by atoms with Crippen LogP contribution in [0.1, 0.15) is 40.1 Å². The molecule has 2 N–H and O–H groups in total. The summed E-state index contributed by atoms with van der Waals surface area (Å²) in [7, 11) is 0. The maximum Gasteiger partial charge on any atom is 0.393 e. The van der Waals surface area contributed by atoms with Gasteiger partial charge in [0, 0.05) is 38.1 Å². The van der Waals surface area contributed by atoms with E-state index in [4.69, 9.17) is 9.47 Å². The van der Waals surface area contributed by atoms with Crippen LogP contribution in [0.25, 0.3) is 43.6 Å². The van der Waals surface area contributed by atoms with E-state index in [1.54, 1.807) is 56.3 Å². The van der Waals surface area contributed by atoms with Gasteiger partial charge in [-0.15, -0.1) is 0 Å². The fraction of sp³-hybridized carbons (Fsp3) is 0.231. The third-order valence-electron chi connectivity index (χ3n) is 5.97.